The number of nitrogens with one attached hydrogen (secondary N) is 4. The van der Waals surface area contributed by atoms with Gasteiger partial charge in [-0.3, -0.25) is 0 Å². The van der Waals surface area contributed by atoms with E-state index in [1.807, 2.05) is 37.3 Å². The number of nitrogens with zero attached hydrogens (tertiary/aromatic N) is 6. The summed E-state index contributed by atoms with van der Waals surface area (Å²) in [5.74, 6) is 1.16. The van der Waals surface area contributed by atoms with Gasteiger partial charge < -0.3 is 50.6 Å². The fourth-order valence-corrected chi connectivity index (χ4v) is 15.5. The summed E-state index contributed by atoms with van der Waals surface area (Å²) in [7, 11) is 0. The topological polar surface area (TPSA) is 67.6 Å². The molecule has 95 heavy (non-hydrogen) atoms. The number of hydrogen-bond donors (Lipinski definition) is 4. The van der Waals surface area contributed by atoms with E-state index >= 15 is 0 Å². The number of allylic oxidation sites excluding steroid dienone is 9. The third-order valence-electron chi connectivity index (χ3n) is 20.6. The molecule has 0 bridgehead atoms. The van der Waals surface area contributed by atoms with Gasteiger partial charge in [0.2, 0.25) is 0 Å². The van der Waals surface area contributed by atoms with Crippen LogP contribution in [0.3, 0.4) is 0 Å². The van der Waals surface area contributed by atoms with Crippen molar-refractivity contribution in [1.29, 1.82) is 0 Å². The molecule has 2 aliphatic carbocycles. The second-order valence-corrected chi connectivity index (χ2v) is 27.1. The summed E-state index contributed by atoms with van der Waals surface area (Å²) in [6.07, 6.45) is 12.1. The molecule has 10 heteroatoms. The van der Waals surface area contributed by atoms with Gasteiger partial charge in [0.25, 0.3) is 0 Å². The molecule has 5 atom stereocenters. The van der Waals surface area contributed by atoms with Crippen LogP contribution in [-0.2, 0) is 0 Å². The third kappa shape index (κ3) is 15.2. The minimum absolute atomic E-state index is 0.0127. The number of anilines is 6. The highest BCUT2D eigenvalue weighted by atomic mass is 15.4. The average molecular weight is 1280 g/mol. The Bertz CT molecular complexity index is 4080. The number of para-hydroxylation sites is 6. The molecule has 0 spiro atoms. The van der Waals surface area contributed by atoms with E-state index in [0.717, 1.165) is 28.4 Å². The molecular weight excluding hydrogens is 1160 g/mol. The Morgan fingerprint density at radius 1 is 0.295 bits per heavy atom. The van der Waals surface area contributed by atoms with E-state index < -0.39 is 0 Å². The summed E-state index contributed by atoms with van der Waals surface area (Å²) < 4.78 is 33.4. The van der Waals surface area contributed by atoms with Crippen LogP contribution in [0.15, 0.2) is 233 Å². The van der Waals surface area contributed by atoms with Crippen LogP contribution in [0.25, 0.3) is 5.70 Å². The van der Waals surface area contributed by atoms with Gasteiger partial charge in [-0.1, -0.05) is 172 Å². The molecule has 5 heterocycles. The first-order valence-electron chi connectivity index (χ1n) is 37.0. The number of rotatable bonds is 9. The van der Waals surface area contributed by atoms with E-state index in [0.29, 0.717) is 11.8 Å². The maximum Gasteiger partial charge on any atom is 0.162 e. The van der Waals surface area contributed by atoms with Gasteiger partial charge in [0, 0.05) is 97.2 Å². The maximum atomic E-state index is 8.55. The number of aryl methyl sites for hydroxylation is 5. The highest BCUT2D eigenvalue weighted by molar-refractivity contribution is 5.77. The van der Waals surface area contributed by atoms with E-state index in [-0.39, 0.29) is 30.8 Å². The molecule has 2 fully saturated rings. The number of benzene rings is 7. The Balaban J connectivity index is 0.000000134. The van der Waals surface area contributed by atoms with Crippen molar-refractivity contribution < 1.29 is 5.65 Å². The first-order chi connectivity index (χ1) is 47.5. The first-order valence-corrected chi connectivity index (χ1v) is 35.2. The zero-order valence-corrected chi connectivity index (χ0v) is 60.2. The lowest BCUT2D eigenvalue weighted by Gasteiger charge is -2.32. The molecule has 0 radical (unpaired) electrons. The van der Waals surface area contributed by atoms with Gasteiger partial charge in [-0.25, -0.2) is 0 Å². The van der Waals surface area contributed by atoms with E-state index in [1.54, 1.807) is 21.2 Å². The van der Waals surface area contributed by atoms with Crippen molar-refractivity contribution >= 4 is 39.8 Å². The van der Waals surface area contributed by atoms with Crippen LogP contribution < -0.4 is 50.6 Å². The minimum Gasteiger partial charge on any atom is -0.367 e. The molecule has 4 N–H and O–H groups in total. The second-order valence-electron chi connectivity index (χ2n) is 27.1. The summed E-state index contributed by atoms with van der Waals surface area (Å²) in [5.41, 5.74) is 26.8. The van der Waals surface area contributed by atoms with E-state index in [2.05, 4.69) is 292 Å². The van der Waals surface area contributed by atoms with Crippen molar-refractivity contribution in [3.8, 4) is 0 Å². The fourth-order valence-electron chi connectivity index (χ4n) is 15.5. The van der Waals surface area contributed by atoms with Crippen LogP contribution in [0.4, 0.5) is 34.1 Å². The molecule has 10 nitrogen and oxygen atoms in total. The Morgan fingerprint density at radius 2 is 0.600 bits per heavy atom. The average Bonchev–Trinajstić information content (AvgIpc) is 1.66. The standard InChI is InChI=1S/C19H22N2.C18H26N2.C18H20N2.C17H24N2.C13H18N2/c1-14-10-8-9-13-19(14)21-16(3)15(2)20(17(21)4)18-11-6-5-7-12-18;2*1-13-9-7-8-12-17(13)20-14(2)18(19-15(20)3)16-10-5-4-6-11-16;1-12-8-4-7-11-16(12)19-13(2)17(18-14(19)3)15-9-5-6-10-15;1-9-7-5-6-8-13(9)15-11(3)10(2)14-12(15)4/h5-13,17H,1-4H3;7-9,12,15-16,19H,4-6,10-11H2,1-3H3;4-12,15,19H,1-3H3;4,7-8,11,14-15,18H,5-6,9-10H2,1-3H3;5-8,12,14H,1-4H3/i/hD4. The Hall–Kier alpha value is -8.76. The molecule has 5 aliphatic heterocycles. The van der Waals surface area contributed by atoms with Crippen molar-refractivity contribution in [1.82, 2.24) is 21.2 Å². The predicted molar refractivity (Wildman–Crippen MR) is 407 cm³/mol. The van der Waals surface area contributed by atoms with Crippen molar-refractivity contribution in [2.24, 2.45) is 11.8 Å². The minimum atomic E-state index is -0.0127. The van der Waals surface area contributed by atoms with E-state index in [1.165, 1.54) is 154 Å². The van der Waals surface area contributed by atoms with Crippen LogP contribution in [0.5, 0.6) is 0 Å². The SMILES string of the molecule is CC1=C(C)N(c2ccccc2C)C(C)N1c1ccccc1.[2H]N1C(C)=C(C)N(c2ccccc2C)C1C.[2H]N1C(C2CCCC2)=C(C)N(c2ccccc2C)C1C.[2H]N1C(C2CCCCC2)=C(C)N(c2ccccc2C)C1C.[2H]N1C(c2ccccc2)=C(C)N(c2ccccc2C)C1C. The quantitative estimate of drug-likeness (QED) is 0.112. The molecule has 500 valence electrons. The zero-order valence-electron chi connectivity index (χ0n) is 64.2. The van der Waals surface area contributed by atoms with Crippen LogP contribution in [0, 0.1) is 46.5 Å². The van der Waals surface area contributed by atoms with Crippen LogP contribution in [0.1, 0.15) is 174 Å². The molecule has 7 aliphatic rings. The first kappa shape index (κ1) is 63.6. The number of hydrogen-bond acceptors (Lipinski definition) is 10. The van der Waals surface area contributed by atoms with Gasteiger partial charge in [-0.2, -0.15) is 0 Å². The summed E-state index contributed by atoms with van der Waals surface area (Å²) >= 11 is 0. The molecule has 0 saturated heterocycles. The van der Waals surface area contributed by atoms with Gasteiger partial charge in [-0.05, 0) is 219 Å². The van der Waals surface area contributed by atoms with Gasteiger partial charge in [-0.15, -0.1) is 0 Å². The van der Waals surface area contributed by atoms with Crippen molar-refractivity contribution in [3.63, 3.8) is 0 Å². The zero-order chi connectivity index (χ0) is 71.1. The van der Waals surface area contributed by atoms with Crippen LogP contribution in [-0.4, -0.2) is 30.8 Å². The molecule has 7 aromatic carbocycles. The maximum absolute atomic E-state index is 8.55. The van der Waals surface area contributed by atoms with E-state index in [4.69, 9.17) is 5.65 Å². The molecular formula is C85H110N10. The molecule has 0 amide bonds. The van der Waals surface area contributed by atoms with Crippen molar-refractivity contribution in [3.05, 3.63) is 267 Å². The van der Waals surface area contributed by atoms with Crippen molar-refractivity contribution in [2.75, 3.05) is 29.4 Å². The predicted octanol–water partition coefficient (Wildman–Crippen LogP) is 20.8. The van der Waals surface area contributed by atoms with Crippen LogP contribution in [0.2, 0.25) is 5.65 Å². The lowest BCUT2D eigenvalue weighted by Crippen LogP contribution is -2.38. The van der Waals surface area contributed by atoms with Gasteiger partial charge in [0.1, 0.15) is 30.8 Å². The summed E-state index contributed by atoms with van der Waals surface area (Å²) in [6.45, 7) is 36.3. The summed E-state index contributed by atoms with van der Waals surface area (Å²) in [4.78, 5) is 14.0. The summed E-state index contributed by atoms with van der Waals surface area (Å²) in [6, 6.07) is 63.0. The molecule has 0 aromatic heterocycles. The Morgan fingerprint density at radius 3 is 0.979 bits per heavy atom. The Kier molecular flexibility index (Phi) is 20.9. The summed E-state index contributed by atoms with van der Waals surface area (Å²) in [5, 5.41) is 6.69. The molecule has 5 unspecified atom stereocenters. The smallest absolute Gasteiger partial charge is 0.162 e. The van der Waals surface area contributed by atoms with Gasteiger partial charge >= 0.3 is 0 Å². The lowest BCUT2D eigenvalue weighted by atomic mass is 9.86. The lowest BCUT2D eigenvalue weighted by molar-refractivity contribution is 0.385. The normalized spacial score (nSPS) is 22.2. The molecule has 2 saturated carbocycles. The molecule has 14 rings (SSSR count). The monoisotopic (exact) mass is 1270 g/mol. The molecule has 7 aromatic rings. The van der Waals surface area contributed by atoms with Crippen molar-refractivity contribution in [2.45, 2.75) is 206 Å². The largest absolute Gasteiger partial charge is 0.367 e. The van der Waals surface area contributed by atoms with Crippen LogP contribution >= 0.6 is 0 Å². The van der Waals surface area contributed by atoms with E-state index in [9.17, 15) is 0 Å². The highest BCUT2D eigenvalue weighted by Crippen LogP contribution is 2.42. The second kappa shape index (κ2) is 31.2. The van der Waals surface area contributed by atoms with Gasteiger partial charge in [0.05, 0.1) is 5.70 Å². The fraction of sp³-hybridized carbons (Fsp3) is 0.388. The third-order valence-corrected chi connectivity index (χ3v) is 20.6. The Labute approximate surface area is 578 Å². The van der Waals surface area contributed by atoms with Gasteiger partial charge in [0.15, 0.2) is 5.65 Å². The highest BCUT2D eigenvalue weighted by Gasteiger charge is 2.36.